The maximum atomic E-state index is 12.6. The Bertz CT molecular complexity index is 2470. The van der Waals surface area contributed by atoms with Gasteiger partial charge in [-0.15, -0.1) is 0 Å². The second-order valence-electron chi connectivity index (χ2n) is 11.8. The third kappa shape index (κ3) is 13.9. The van der Waals surface area contributed by atoms with Crippen LogP contribution in [0.1, 0.15) is 72.1 Å². The SMILES string of the molecule is CCN/C=C(\C(=O)OCC)C(=O)c1cc([N+](=O)[O-])cnc1OC.CCOC(=O)CC(=O)c1cc([N+](=O)[O-])cnc1OC.CCOC(=O)c1cn(CC)c2ncc([N+](=O)[O-])cc2c1=O. The third-order valence-electron chi connectivity index (χ3n) is 7.77. The number of carbonyl (C=O) groups excluding carboxylic acids is 5. The molecule has 4 heterocycles. The Balaban J connectivity index is 0.000000327. The van der Waals surface area contributed by atoms with E-state index in [1.807, 2.05) is 6.92 Å². The number of pyridine rings is 4. The molecule has 0 fully saturated rings. The number of rotatable bonds is 18. The molecule has 4 aromatic heterocycles. The van der Waals surface area contributed by atoms with Gasteiger partial charge in [0.25, 0.3) is 17.1 Å². The topological polar surface area (TPSA) is 334 Å². The first kappa shape index (κ1) is 50.9. The average molecular weight is 883 g/mol. The molecule has 0 aliphatic carbocycles. The van der Waals surface area contributed by atoms with Gasteiger partial charge in [0.05, 0.1) is 65.3 Å². The number of nitrogens with one attached hydrogen (secondary N) is 1. The zero-order chi connectivity index (χ0) is 47.4. The number of ketones is 2. The monoisotopic (exact) mass is 882 g/mol. The van der Waals surface area contributed by atoms with Crippen molar-refractivity contribution in [1.29, 1.82) is 0 Å². The number of fused-ring (bicyclic) bond motifs is 1. The molecule has 0 aliphatic rings. The van der Waals surface area contributed by atoms with Crippen molar-refractivity contribution in [1.82, 2.24) is 24.8 Å². The quantitative estimate of drug-likeness (QED) is 0.0216. The lowest BCUT2D eigenvalue weighted by atomic mass is 10.0. The summed E-state index contributed by atoms with van der Waals surface area (Å²) in [6.07, 6.45) is 5.07. The maximum Gasteiger partial charge on any atom is 0.343 e. The number of hydrogen-bond donors (Lipinski definition) is 1. The van der Waals surface area contributed by atoms with Crippen LogP contribution >= 0.6 is 0 Å². The average Bonchev–Trinajstić information content (AvgIpc) is 3.26. The molecule has 0 bridgehead atoms. The van der Waals surface area contributed by atoms with Crippen molar-refractivity contribution < 1.29 is 62.4 Å². The van der Waals surface area contributed by atoms with Crippen LogP contribution in [0.2, 0.25) is 0 Å². The number of Topliss-reactive ketones (excluding diaryl/α,β-unsaturated/α-hetero) is 2. The molecule has 4 rings (SSSR count). The van der Waals surface area contributed by atoms with Crippen LogP contribution < -0.4 is 20.2 Å². The molecule has 0 radical (unpaired) electrons. The lowest BCUT2D eigenvalue weighted by Gasteiger charge is -2.09. The number of nitrogens with zero attached hydrogens (tertiary/aromatic N) is 7. The summed E-state index contributed by atoms with van der Waals surface area (Å²) in [5.41, 5.74) is -2.14. The fraction of sp³-hybridized carbons (Fsp3) is 0.342. The van der Waals surface area contributed by atoms with Gasteiger partial charge in [-0.25, -0.2) is 24.5 Å². The zero-order valence-corrected chi connectivity index (χ0v) is 34.9. The molecule has 0 aliphatic heterocycles. The van der Waals surface area contributed by atoms with Crippen molar-refractivity contribution in [3.63, 3.8) is 0 Å². The number of hydrogen-bond acceptors (Lipinski definition) is 21. The molecule has 0 saturated heterocycles. The van der Waals surface area contributed by atoms with Gasteiger partial charge in [-0.1, -0.05) is 0 Å². The van der Waals surface area contributed by atoms with E-state index < -0.39 is 56.1 Å². The molecule has 0 spiro atoms. The van der Waals surface area contributed by atoms with Gasteiger partial charge in [0.2, 0.25) is 23.0 Å². The van der Waals surface area contributed by atoms with E-state index >= 15 is 0 Å². The van der Waals surface area contributed by atoms with Gasteiger partial charge in [0.1, 0.15) is 41.8 Å². The first-order chi connectivity index (χ1) is 29.9. The lowest BCUT2D eigenvalue weighted by molar-refractivity contribution is -0.385. The van der Waals surface area contributed by atoms with Crippen molar-refractivity contribution in [3.05, 3.63) is 112 Å². The molecule has 0 atom stereocenters. The molecule has 0 unspecified atom stereocenters. The van der Waals surface area contributed by atoms with Crippen LogP contribution in [0.4, 0.5) is 17.1 Å². The van der Waals surface area contributed by atoms with Gasteiger partial charge >= 0.3 is 17.9 Å². The van der Waals surface area contributed by atoms with Crippen LogP contribution in [0.5, 0.6) is 11.8 Å². The van der Waals surface area contributed by atoms with Gasteiger partial charge in [0.15, 0.2) is 5.78 Å². The van der Waals surface area contributed by atoms with Crippen LogP contribution in [0.25, 0.3) is 11.0 Å². The van der Waals surface area contributed by atoms with E-state index in [9.17, 15) is 59.1 Å². The van der Waals surface area contributed by atoms with Crippen LogP contribution in [0.15, 0.2) is 59.6 Å². The summed E-state index contributed by atoms with van der Waals surface area (Å²) >= 11 is 0. The summed E-state index contributed by atoms with van der Waals surface area (Å²) in [5.74, 6) is -3.91. The molecule has 25 nitrogen and oxygen atoms in total. The third-order valence-corrected chi connectivity index (χ3v) is 7.77. The van der Waals surface area contributed by atoms with Gasteiger partial charge in [0, 0.05) is 43.7 Å². The Morgan fingerprint density at radius 3 is 1.71 bits per heavy atom. The van der Waals surface area contributed by atoms with Crippen molar-refractivity contribution in [3.8, 4) is 11.8 Å². The summed E-state index contributed by atoms with van der Waals surface area (Å²) in [6, 6.07) is 3.15. The fourth-order valence-corrected chi connectivity index (χ4v) is 4.94. The minimum atomic E-state index is -0.841. The van der Waals surface area contributed by atoms with Gasteiger partial charge < -0.3 is 33.6 Å². The first-order valence-electron chi connectivity index (χ1n) is 18.5. The van der Waals surface area contributed by atoms with E-state index in [2.05, 4.69) is 25.0 Å². The summed E-state index contributed by atoms with van der Waals surface area (Å²) < 4.78 is 25.6. The lowest BCUT2D eigenvalue weighted by Crippen LogP contribution is -2.21. The predicted octanol–water partition coefficient (Wildman–Crippen LogP) is 3.87. The second-order valence-corrected chi connectivity index (χ2v) is 11.8. The van der Waals surface area contributed by atoms with E-state index in [1.54, 1.807) is 32.3 Å². The Hall–Kier alpha value is -8.25. The largest absolute Gasteiger partial charge is 0.480 e. The predicted molar refractivity (Wildman–Crippen MR) is 217 cm³/mol. The van der Waals surface area contributed by atoms with Crippen molar-refractivity contribution in [2.45, 2.75) is 47.6 Å². The molecular formula is C38H42N8O17. The van der Waals surface area contributed by atoms with Crippen molar-refractivity contribution in [2.24, 2.45) is 0 Å². The number of carbonyl (C=O) groups is 5. The Labute approximate surface area is 356 Å². The number of ether oxygens (including phenoxy) is 5. The summed E-state index contributed by atoms with van der Waals surface area (Å²) in [5, 5.41) is 35.0. The number of aryl methyl sites for hydroxylation is 1. The van der Waals surface area contributed by atoms with Crippen molar-refractivity contribution >= 4 is 57.6 Å². The highest BCUT2D eigenvalue weighted by atomic mass is 16.6. The number of methoxy groups -OCH3 is 2. The van der Waals surface area contributed by atoms with E-state index in [1.165, 1.54) is 26.6 Å². The highest BCUT2D eigenvalue weighted by molar-refractivity contribution is 6.25. The van der Waals surface area contributed by atoms with E-state index in [4.69, 9.17) is 18.9 Å². The van der Waals surface area contributed by atoms with Crippen LogP contribution in [0.3, 0.4) is 0 Å². The molecule has 25 heteroatoms. The fourth-order valence-electron chi connectivity index (χ4n) is 4.94. The first-order valence-corrected chi connectivity index (χ1v) is 18.5. The van der Waals surface area contributed by atoms with E-state index in [0.717, 1.165) is 36.8 Å². The number of nitro groups is 3. The van der Waals surface area contributed by atoms with Crippen LogP contribution in [-0.4, -0.2) is 104 Å². The van der Waals surface area contributed by atoms with Crippen LogP contribution in [-0.2, 0) is 30.3 Å². The minimum absolute atomic E-state index is 0.0246. The minimum Gasteiger partial charge on any atom is -0.480 e. The molecular weight excluding hydrogens is 840 g/mol. The summed E-state index contributed by atoms with van der Waals surface area (Å²) in [4.78, 5) is 113. The van der Waals surface area contributed by atoms with Crippen LogP contribution in [0, 0.1) is 30.3 Å². The van der Waals surface area contributed by atoms with Gasteiger partial charge in [-0.05, 0) is 34.6 Å². The van der Waals surface area contributed by atoms with E-state index in [0.29, 0.717) is 18.7 Å². The Morgan fingerprint density at radius 1 is 0.714 bits per heavy atom. The van der Waals surface area contributed by atoms with Crippen molar-refractivity contribution in [2.75, 3.05) is 40.6 Å². The van der Waals surface area contributed by atoms with Gasteiger partial charge in [-0.3, -0.25) is 49.5 Å². The molecule has 0 saturated carbocycles. The standard InChI is InChI=1S/C14H17N3O6.C13H13N3O5.C11H12N2O6/c1-4-15-8-11(14(19)23-5-2)12(18)10-6-9(17(20)21)7-16-13(10)22-3;1-3-15-7-10(13(18)21-4-2)11(17)9-5-8(16(19)20)6-14-12(9)15;1-3-19-10(15)5-9(14)8-4-7(13(16)17)6-12-11(8)18-2/h6-8,15H,4-5H2,1-3H3;5-7H,3-4H2,1-2H3;4,6H,3,5H2,1-2H3/b11-8-;;. The highest BCUT2D eigenvalue weighted by Gasteiger charge is 2.27. The zero-order valence-electron chi connectivity index (χ0n) is 34.9. The summed E-state index contributed by atoms with van der Waals surface area (Å²) in [7, 11) is 2.54. The number of esters is 3. The molecule has 0 aromatic carbocycles. The Kier molecular flexibility index (Phi) is 20.0. The molecule has 63 heavy (non-hydrogen) atoms. The summed E-state index contributed by atoms with van der Waals surface area (Å²) in [6.45, 7) is 9.71. The molecule has 336 valence electrons. The molecule has 4 aromatic rings. The smallest absolute Gasteiger partial charge is 0.343 e. The normalized spacial score (nSPS) is 10.4. The highest BCUT2D eigenvalue weighted by Crippen LogP contribution is 2.25. The second kappa shape index (κ2) is 24.7. The number of aromatic nitrogens is 4. The van der Waals surface area contributed by atoms with Gasteiger partial charge in [-0.2, -0.15) is 0 Å². The maximum absolute atomic E-state index is 12.6. The van der Waals surface area contributed by atoms with E-state index in [-0.39, 0.29) is 76.3 Å². The Morgan fingerprint density at radius 2 is 1.22 bits per heavy atom. The molecule has 1 N–H and O–H groups in total. The molecule has 0 amide bonds.